The normalized spacial score (nSPS) is 9.62. The average Bonchev–Trinajstić information content (AvgIpc) is 2.16. The lowest BCUT2D eigenvalue weighted by Gasteiger charge is -2.03. The zero-order valence-electron chi connectivity index (χ0n) is 7.07. The van der Waals surface area contributed by atoms with Crippen molar-refractivity contribution in [3.05, 3.63) is 35.4 Å². The quantitative estimate of drug-likeness (QED) is 0.561. The van der Waals surface area contributed by atoms with Crippen molar-refractivity contribution >= 4 is 22.8 Å². The van der Waals surface area contributed by atoms with Crippen molar-refractivity contribution in [3.8, 4) is 0 Å². The minimum atomic E-state index is -0.991. The molecule has 1 aromatic carbocycles. The van der Waals surface area contributed by atoms with Gasteiger partial charge < -0.3 is 5.11 Å². The number of carbonyl (C=O) groups is 1. The van der Waals surface area contributed by atoms with Crippen LogP contribution in [0.3, 0.4) is 0 Å². The maximum atomic E-state index is 10.7. The van der Waals surface area contributed by atoms with Gasteiger partial charge >= 0.3 is 5.97 Å². The highest BCUT2D eigenvalue weighted by Crippen LogP contribution is 2.14. The molecule has 0 bridgehead atoms. The maximum absolute atomic E-state index is 10.7. The Kier molecular flexibility index (Phi) is 3.08. The molecule has 0 aromatic heterocycles. The number of hydrogen-bond donors (Lipinski definition) is 2. The van der Waals surface area contributed by atoms with Gasteiger partial charge in [0.15, 0.2) is 0 Å². The number of thioether (sulfide) groups is 1. The molecule has 13 heavy (non-hydrogen) atoms. The van der Waals surface area contributed by atoms with E-state index in [-0.39, 0.29) is 10.6 Å². The molecule has 1 rings (SSSR count). The molecule has 0 radical (unpaired) electrons. The molecule has 0 saturated carbocycles. The minimum absolute atomic E-state index is 0.182. The monoisotopic (exact) mass is 195 g/mol. The summed E-state index contributed by atoms with van der Waals surface area (Å²) in [7, 11) is 0. The Labute approximate surface area is 80.3 Å². The van der Waals surface area contributed by atoms with E-state index in [2.05, 4.69) is 0 Å². The van der Waals surface area contributed by atoms with E-state index in [4.69, 9.17) is 10.5 Å². The number of rotatable bonds is 2. The molecule has 0 aliphatic heterocycles. The lowest BCUT2D eigenvalue weighted by atomic mass is 10.1. The number of nitrogens with one attached hydrogen (secondary N) is 1. The Morgan fingerprint density at radius 1 is 1.38 bits per heavy atom. The van der Waals surface area contributed by atoms with E-state index < -0.39 is 5.97 Å². The van der Waals surface area contributed by atoms with E-state index in [0.29, 0.717) is 5.56 Å². The van der Waals surface area contributed by atoms with Crippen LogP contribution in [0.25, 0.3) is 0 Å². The van der Waals surface area contributed by atoms with E-state index in [1.807, 2.05) is 0 Å². The van der Waals surface area contributed by atoms with Gasteiger partial charge in [-0.15, -0.1) is 11.8 Å². The van der Waals surface area contributed by atoms with Gasteiger partial charge in [0.1, 0.15) is 0 Å². The van der Waals surface area contributed by atoms with Crippen LogP contribution < -0.4 is 0 Å². The lowest BCUT2D eigenvalue weighted by molar-refractivity contribution is 0.0696. The maximum Gasteiger partial charge on any atom is 0.336 e. The molecule has 0 aliphatic rings. The first-order valence-corrected chi connectivity index (χ1v) is 4.84. The van der Waals surface area contributed by atoms with E-state index >= 15 is 0 Å². The second kappa shape index (κ2) is 4.09. The summed E-state index contributed by atoms with van der Waals surface area (Å²) in [6, 6.07) is 6.53. The van der Waals surface area contributed by atoms with Gasteiger partial charge in [0.25, 0.3) is 0 Å². The Balaban J connectivity index is 3.19. The predicted molar refractivity (Wildman–Crippen MR) is 53.7 cm³/mol. The van der Waals surface area contributed by atoms with Crippen molar-refractivity contribution in [3.63, 3.8) is 0 Å². The zero-order valence-corrected chi connectivity index (χ0v) is 7.89. The first-order valence-electron chi connectivity index (χ1n) is 3.62. The van der Waals surface area contributed by atoms with Gasteiger partial charge in [0, 0.05) is 5.56 Å². The molecule has 0 atom stereocenters. The number of aromatic carboxylic acids is 1. The third-order valence-electron chi connectivity index (χ3n) is 1.61. The number of carboxylic acids is 1. The Bertz CT molecular complexity index is 349. The largest absolute Gasteiger partial charge is 0.478 e. The summed E-state index contributed by atoms with van der Waals surface area (Å²) in [6.07, 6.45) is 1.75. The van der Waals surface area contributed by atoms with Crippen LogP contribution in [0, 0.1) is 5.41 Å². The van der Waals surface area contributed by atoms with E-state index in [0.717, 1.165) is 0 Å². The van der Waals surface area contributed by atoms with Gasteiger partial charge in [-0.1, -0.05) is 18.2 Å². The first-order chi connectivity index (χ1) is 6.16. The van der Waals surface area contributed by atoms with Crippen molar-refractivity contribution in [2.24, 2.45) is 0 Å². The second-order valence-electron chi connectivity index (χ2n) is 2.38. The SMILES string of the molecule is CSC(=N)c1ccccc1C(=O)O. The van der Waals surface area contributed by atoms with Gasteiger partial charge in [0.2, 0.25) is 0 Å². The Morgan fingerprint density at radius 3 is 2.38 bits per heavy atom. The third-order valence-corrected chi connectivity index (χ3v) is 2.23. The van der Waals surface area contributed by atoms with Crippen LogP contribution in [0.2, 0.25) is 0 Å². The first kappa shape index (κ1) is 9.80. The van der Waals surface area contributed by atoms with Gasteiger partial charge in [-0.2, -0.15) is 0 Å². The number of benzene rings is 1. The van der Waals surface area contributed by atoms with Crippen molar-refractivity contribution < 1.29 is 9.90 Å². The van der Waals surface area contributed by atoms with Crippen molar-refractivity contribution in [2.75, 3.05) is 6.26 Å². The van der Waals surface area contributed by atoms with Crippen molar-refractivity contribution in [2.45, 2.75) is 0 Å². The van der Waals surface area contributed by atoms with Crippen LogP contribution in [-0.2, 0) is 0 Å². The smallest absolute Gasteiger partial charge is 0.336 e. The average molecular weight is 195 g/mol. The van der Waals surface area contributed by atoms with E-state index in [9.17, 15) is 4.79 Å². The van der Waals surface area contributed by atoms with Gasteiger partial charge in [-0.3, -0.25) is 5.41 Å². The summed E-state index contributed by atoms with van der Waals surface area (Å²) in [5.74, 6) is -0.991. The number of carboxylic acid groups (broad SMARTS) is 1. The predicted octanol–water partition coefficient (Wildman–Crippen LogP) is 2.07. The van der Waals surface area contributed by atoms with E-state index in [1.165, 1.54) is 17.8 Å². The molecule has 0 unspecified atom stereocenters. The fourth-order valence-electron chi connectivity index (χ4n) is 0.978. The van der Waals surface area contributed by atoms with Gasteiger partial charge in [0.05, 0.1) is 10.6 Å². The van der Waals surface area contributed by atoms with Gasteiger partial charge in [-0.05, 0) is 12.3 Å². The second-order valence-corrected chi connectivity index (χ2v) is 3.20. The molecular weight excluding hydrogens is 186 g/mol. The summed E-state index contributed by atoms with van der Waals surface area (Å²) >= 11 is 1.23. The molecule has 3 nitrogen and oxygen atoms in total. The third kappa shape index (κ3) is 2.09. The van der Waals surface area contributed by atoms with Crippen LogP contribution in [0.5, 0.6) is 0 Å². The topological polar surface area (TPSA) is 61.2 Å². The molecule has 68 valence electrons. The molecule has 0 fully saturated rings. The van der Waals surface area contributed by atoms with Crippen LogP contribution in [-0.4, -0.2) is 22.4 Å². The Hall–Kier alpha value is -1.29. The fourth-order valence-corrected chi connectivity index (χ4v) is 1.38. The van der Waals surface area contributed by atoms with Crippen LogP contribution >= 0.6 is 11.8 Å². The van der Waals surface area contributed by atoms with Crippen LogP contribution in [0.1, 0.15) is 15.9 Å². The molecule has 4 heteroatoms. The molecule has 0 saturated heterocycles. The Morgan fingerprint density at radius 2 is 1.92 bits per heavy atom. The van der Waals surface area contributed by atoms with Crippen LogP contribution in [0.4, 0.5) is 0 Å². The van der Waals surface area contributed by atoms with Crippen molar-refractivity contribution in [1.29, 1.82) is 5.41 Å². The summed E-state index contributed by atoms with van der Waals surface area (Å²) in [6.45, 7) is 0. The molecule has 0 aliphatic carbocycles. The molecule has 0 heterocycles. The molecule has 1 aromatic rings. The summed E-state index contributed by atoms with van der Waals surface area (Å²) in [5, 5.41) is 16.6. The highest BCUT2D eigenvalue weighted by atomic mass is 32.2. The molecule has 0 amide bonds. The van der Waals surface area contributed by atoms with Crippen LogP contribution in [0.15, 0.2) is 24.3 Å². The summed E-state index contributed by atoms with van der Waals surface area (Å²) < 4.78 is 0. The lowest BCUT2D eigenvalue weighted by Crippen LogP contribution is -2.05. The molecule has 2 N–H and O–H groups in total. The molecule has 0 spiro atoms. The fraction of sp³-hybridized carbons (Fsp3) is 0.111. The summed E-state index contributed by atoms with van der Waals surface area (Å²) in [5.41, 5.74) is 0.657. The zero-order chi connectivity index (χ0) is 9.84. The highest BCUT2D eigenvalue weighted by Gasteiger charge is 2.11. The molecular formula is C9H9NO2S. The highest BCUT2D eigenvalue weighted by molar-refractivity contribution is 8.13. The number of hydrogen-bond acceptors (Lipinski definition) is 3. The summed E-state index contributed by atoms with van der Waals surface area (Å²) in [4.78, 5) is 10.7. The minimum Gasteiger partial charge on any atom is -0.478 e. The van der Waals surface area contributed by atoms with E-state index in [1.54, 1.807) is 24.5 Å². The van der Waals surface area contributed by atoms with Crippen molar-refractivity contribution in [1.82, 2.24) is 0 Å². The standard InChI is InChI=1S/C9H9NO2S/c1-13-8(10)6-4-2-3-5-7(6)9(11)12/h2-5,10H,1H3,(H,11,12). The van der Waals surface area contributed by atoms with Gasteiger partial charge in [-0.25, -0.2) is 4.79 Å².